The van der Waals surface area contributed by atoms with E-state index in [4.69, 9.17) is 4.42 Å². The highest BCUT2D eigenvalue weighted by Gasteiger charge is 2.22. The Kier molecular flexibility index (Phi) is 4.02. The van der Waals surface area contributed by atoms with Crippen LogP contribution in [-0.2, 0) is 16.4 Å². The van der Waals surface area contributed by atoms with E-state index in [0.717, 1.165) is 11.8 Å². The quantitative estimate of drug-likeness (QED) is 0.796. The summed E-state index contributed by atoms with van der Waals surface area (Å²) in [5.41, 5.74) is 1.62. The molecule has 1 heterocycles. The number of aliphatic hydroxyl groups is 1. The number of aromatic nitrogens is 1. The minimum absolute atomic E-state index is 0.141. The van der Waals surface area contributed by atoms with Crippen molar-refractivity contribution >= 4 is 9.84 Å². The Balaban J connectivity index is 2.28. The molecule has 23 heavy (non-hydrogen) atoms. The molecule has 0 aliphatic rings. The first-order valence-electron chi connectivity index (χ1n) is 6.96. The van der Waals surface area contributed by atoms with Crippen molar-refractivity contribution in [3.8, 4) is 22.6 Å². The van der Waals surface area contributed by atoms with Crippen LogP contribution in [0.2, 0.25) is 0 Å². The second kappa shape index (κ2) is 5.98. The largest absolute Gasteiger partial charge is 0.437 e. The number of aliphatic hydroxyl groups excluding tert-OH is 1. The summed E-state index contributed by atoms with van der Waals surface area (Å²) in [7, 11) is -3.42. The Hall–Kier alpha value is -2.44. The standard InChI is InChI=1S/C17H15NO4S/c1-23(20,21)14-10-6-5-9-13(14)16-17(22-15(11-19)18-16)12-7-3-2-4-8-12/h2-10,19H,11H2,1H3. The van der Waals surface area contributed by atoms with Crippen LogP contribution in [0, 0.1) is 0 Å². The van der Waals surface area contributed by atoms with Gasteiger partial charge in [-0.05, 0) is 6.07 Å². The average molecular weight is 329 g/mol. The van der Waals surface area contributed by atoms with E-state index in [9.17, 15) is 13.5 Å². The van der Waals surface area contributed by atoms with E-state index in [1.54, 1.807) is 18.2 Å². The second-order valence-electron chi connectivity index (χ2n) is 5.08. The van der Waals surface area contributed by atoms with Gasteiger partial charge in [0.15, 0.2) is 15.6 Å². The Morgan fingerprint density at radius 2 is 1.70 bits per heavy atom. The molecule has 0 aliphatic carbocycles. The molecule has 1 N–H and O–H groups in total. The van der Waals surface area contributed by atoms with Gasteiger partial charge in [0.05, 0.1) is 4.90 Å². The maximum atomic E-state index is 12.0. The van der Waals surface area contributed by atoms with Crippen LogP contribution in [0.1, 0.15) is 5.89 Å². The topological polar surface area (TPSA) is 80.4 Å². The molecule has 2 aromatic carbocycles. The van der Waals surface area contributed by atoms with Gasteiger partial charge in [-0.1, -0.05) is 48.5 Å². The molecule has 0 unspecified atom stereocenters. The molecule has 118 valence electrons. The summed E-state index contributed by atoms with van der Waals surface area (Å²) in [6, 6.07) is 15.9. The second-order valence-corrected chi connectivity index (χ2v) is 7.06. The molecule has 0 atom stereocenters. The van der Waals surface area contributed by atoms with Gasteiger partial charge in [-0.15, -0.1) is 0 Å². The number of oxazole rings is 1. The minimum Gasteiger partial charge on any atom is -0.437 e. The van der Waals surface area contributed by atoms with E-state index in [2.05, 4.69) is 4.98 Å². The van der Waals surface area contributed by atoms with E-state index >= 15 is 0 Å². The third-order valence-electron chi connectivity index (χ3n) is 3.38. The zero-order chi connectivity index (χ0) is 16.4. The van der Waals surface area contributed by atoms with Crippen molar-refractivity contribution in [3.05, 3.63) is 60.5 Å². The zero-order valence-corrected chi connectivity index (χ0v) is 13.2. The van der Waals surface area contributed by atoms with E-state index in [-0.39, 0.29) is 17.4 Å². The lowest BCUT2D eigenvalue weighted by Crippen LogP contribution is -2.00. The van der Waals surface area contributed by atoms with Crippen LogP contribution in [-0.4, -0.2) is 24.8 Å². The number of sulfone groups is 1. The minimum atomic E-state index is -3.42. The first-order chi connectivity index (χ1) is 11.0. The van der Waals surface area contributed by atoms with Crippen LogP contribution in [0.4, 0.5) is 0 Å². The first-order valence-corrected chi connectivity index (χ1v) is 8.85. The molecule has 0 saturated heterocycles. The average Bonchev–Trinajstić information content (AvgIpc) is 2.99. The molecule has 0 fully saturated rings. The smallest absolute Gasteiger partial charge is 0.221 e. The van der Waals surface area contributed by atoms with Gasteiger partial charge in [0.1, 0.15) is 12.3 Å². The van der Waals surface area contributed by atoms with Crippen LogP contribution in [0.5, 0.6) is 0 Å². The van der Waals surface area contributed by atoms with Crippen LogP contribution >= 0.6 is 0 Å². The van der Waals surface area contributed by atoms with Gasteiger partial charge in [0, 0.05) is 17.4 Å². The molecule has 0 bridgehead atoms. The number of rotatable bonds is 4. The predicted molar refractivity (Wildman–Crippen MR) is 86.4 cm³/mol. The van der Waals surface area contributed by atoms with Crippen LogP contribution in [0.25, 0.3) is 22.6 Å². The molecule has 0 spiro atoms. The van der Waals surface area contributed by atoms with Gasteiger partial charge in [0.2, 0.25) is 5.89 Å². The fourth-order valence-electron chi connectivity index (χ4n) is 2.39. The molecule has 6 heteroatoms. The lowest BCUT2D eigenvalue weighted by atomic mass is 10.1. The Bertz CT molecular complexity index is 930. The molecule has 0 aliphatic heterocycles. The number of nitrogens with zero attached hydrogens (tertiary/aromatic N) is 1. The summed E-state index contributed by atoms with van der Waals surface area (Å²) in [5, 5.41) is 9.32. The van der Waals surface area contributed by atoms with E-state index in [1.807, 2.05) is 30.3 Å². The van der Waals surface area contributed by atoms with Gasteiger partial charge < -0.3 is 9.52 Å². The van der Waals surface area contributed by atoms with Gasteiger partial charge in [-0.25, -0.2) is 13.4 Å². The Labute approximate surface area is 134 Å². The van der Waals surface area contributed by atoms with Crippen molar-refractivity contribution in [2.45, 2.75) is 11.5 Å². The molecule has 1 aromatic heterocycles. The van der Waals surface area contributed by atoms with Gasteiger partial charge in [-0.2, -0.15) is 0 Å². The maximum Gasteiger partial charge on any atom is 0.221 e. The molecular formula is C17H15NO4S. The van der Waals surface area contributed by atoms with E-state index in [1.165, 1.54) is 6.07 Å². The molecule has 0 saturated carbocycles. The third-order valence-corrected chi connectivity index (χ3v) is 4.54. The zero-order valence-electron chi connectivity index (χ0n) is 12.4. The first kappa shape index (κ1) is 15.5. The summed E-state index contributed by atoms with van der Waals surface area (Å²) in [6.45, 7) is -0.360. The predicted octanol–water partition coefficient (Wildman–Crippen LogP) is 2.90. The van der Waals surface area contributed by atoms with Crippen molar-refractivity contribution in [1.29, 1.82) is 0 Å². The molecule has 0 amide bonds. The number of hydrogen-bond acceptors (Lipinski definition) is 5. The maximum absolute atomic E-state index is 12.0. The van der Waals surface area contributed by atoms with Crippen molar-refractivity contribution < 1.29 is 17.9 Å². The summed E-state index contributed by atoms with van der Waals surface area (Å²) >= 11 is 0. The fourth-order valence-corrected chi connectivity index (χ4v) is 3.28. The van der Waals surface area contributed by atoms with Crippen LogP contribution in [0.15, 0.2) is 63.9 Å². The third kappa shape index (κ3) is 3.04. The van der Waals surface area contributed by atoms with E-state index < -0.39 is 9.84 Å². The lowest BCUT2D eigenvalue weighted by molar-refractivity contribution is 0.241. The number of benzene rings is 2. The Morgan fingerprint density at radius 3 is 2.35 bits per heavy atom. The normalized spacial score (nSPS) is 11.6. The molecule has 0 radical (unpaired) electrons. The molecule has 3 aromatic rings. The summed E-state index contributed by atoms with van der Waals surface area (Å²) in [5.74, 6) is 0.577. The van der Waals surface area contributed by atoms with Crippen LogP contribution in [0.3, 0.4) is 0 Å². The highest BCUT2D eigenvalue weighted by Crippen LogP contribution is 2.35. The van der Waals surface area contributed by atoms with Gasteiger partial charge in [-0.3, -0.25) is 0 Å². The van der Waals surface area contributed by atoms with Gasteiger partial charge >= 0.3 is 0 Å². The highest BCUT2D eigenvalue weighted by molar-refractivity contribution is 7.90. The van der Waals surface area contributed by atoms with Crippen molar-refractivity contribution in [1.82, 2.24) is 4.98 Å². The van der Waals surface area contributed by atoms with Gasteiger partial charge in [0.25, 0.3) is 0 Å². The monoisotopic (exact) mass is 329 g/mol. The van der Waals surface area contributed by atoms with Crippen molar-refractivity contribution in [3.63, 3.8) is 0 Å². The molecule has 3 rings (SSSR count). The SMILES string of the molecule is CS(=O)(=O)c1ccccc1-c1nc(CO)oc1-c1ccccc1. The van der Waals surface area contributed by atoms with E-state index in [0.29, 0.717) is 17.0 Å². The van der Waals surface area contributed by atoms with Crippen molar-refractivity contribution in [2.24, 2.45) is 0 Å². The summed E-state index contributed by atoms with van der Waals surface area (Å²) in [4.78, 5) is 4.44. The van der Waals surface area contributed by atoms with Crippen LogP contribution < -0.4 is 0 Å². The summed E-state index contributed by atoms with van der Waals surface area (Å²) in [6.07, 6.45) is 1.15. The molecular weight excluding hydrogens is 314 g/mol. The van der Waals surface area contributed by atoms with Crippen molar-refractivity contribution in [2.75, 3.05) is 6.26 Å². The highest BCUT2D eigenvalue weighted by atomic mass is 32.2. The lowest BCUT2D eigenvalue weighted by Gasteiger charge is -2.07. The summed E-state index contributed by atoms with van der Waals surface area (Å²) < 4.78 is 29.7. The molecule has 5 nitrogen and oxygen atoms in total. The Morgan fingerprint density at radius 1 is 1.04 bits per heavy atom. The number of hydrogen-bond donors (Lipinski definition) is 1. The fraction of sp³-hybridized carbons (Fsp3) is 0.118.